The molecular weight excluding hydrogens is 627 g/mol. The van der Waals surface area contributed by atoms with E-state index in [9.17, 15) is 23.9 Å². The molecule has 1 heterocycles. The largest absolute Gasteiger partial charge is 1.00 e. The topological polar surface area (TPSA) is 139 Å². The number of unbranched alkanes of at least 4 members (excludes halogenated alkanes) is 1. The van der Waals surface area contributed by atoms with E-state index in [1.165, 1.54) is 42.6 Å². The second-order valence-corrected chi connectivity index (χ2v) is 10.5. The molecule has 0 saturated heterocycles. The normalized spacial score (nSPS) is 12.8. The van der Waals surface area contributed by atoms with Gasteiger partial charge in [0.25, 0.3) is 0 Å². The van der Waals surface area contributed by atoms with Gasteiger partial charge in [-0.2, -0.15) is 0 Å². The zero-order chi connectivity index (χ0) is 32.0. The van der Waals surface area contributed by atoms with Crippen LogP contribution in [0, 0.1) is 17.0 Å². The van der Waals surface area contributed by atoms with E-state index < -0.39 is 34.8 Å². The molecule has 13 heteroatoms. The monoisotopic (exact) mass is 657 g/mol. The molecule has 1 saturated carbocycles. The number of carboxylic acid groups (broad SMARTS) is 1. The standard InChI is InChI=1S/C33H31F2N3O7.K/c1-2-43-28-18-23-25(19-29(28)44-16-4-3-5-30(39)40)36-15-12-26(23)45-27-11-10-22(17-24(27)35)38-32(42)33(13-14-33)31(41)37-21-8-6-20(34)7-9-21;/h6-12,15,17-19H,2-5,13-14,16H2,1H3,(H,37,41)(H,38,42)(H,39,40);/q;+1/p-1. The minimum Gasteiger partial charge on any atom is -0.550 e. The molecule has 234 valence electrons. The Morgan fingerprint density at radius 3 is 2.17 bits per heavy atom. The van der Waals surface area contributed by atoms with Gasteiger partial charge in [0, 0.05) is 41.1 Å². The predicted octanol–water partition coefficient (Wildman–Crippen LogP) is 2.36. The van der Waals surface area contributed by atoms with Crippen molar-refractivity contribution in [1.29, 1.82) is 0 Å². The number of pyridine rings is 1. The third kappa shape index (κ3) is 8.59. The summed E-state index contributed by atoms with van der Waals surface area (Å²) in [5, 5.41) is 16.4. The van der Waals surface area contributed by atoms with E-state index in [0.717, 1.165) is 6.07 Å². The first-order chi connectivity index (χ1) is 21.7. The van der Waals surface area contributed by atoms with E-state index in [-0.39, 0.29) is 75.8 Å². The number of nitrogens with one attached hydrogen (secondary N) is 2. The number of aromatic nitrogens is 1. The molecular formula is C33H30F2KN3O7. The van der Waals surface area contributed by atoms with Gasteiger partial charge in [-0.05, 0) is 87.6 Å². The molecule has 5 rings (SSSR count). The molecule has 10 nitrogen and oxygen atoms in total. The van der Waals surface area contributed by atoms with Crippen LogP contribution in [0.3, 0.4) is 0 Å². The maximum Gasteiger partial charge on any atom is 1.00 e. The van der Waals surface area contributed by atoms with Crippen molar-refractivity contribution in [2.75, 3.05) is 23.8 Å². The molecule has 1 aromatic heterocycles. The predicted molar refractivity (Wildman–Crippen MR) is 159 cm³/mol. The third-order valence-corrected chi connectivity index (χ3v) is 7.23. The molecule has 0 bridgehead atoms. The smallest absolute Gasteiger partial charge is 0.550 e. The van der Waals surface area contributed by atoms with Crippen LogP contribution in [0.2, 0.25) is 0 Å². The minimum atomic E-state index is -1.30. The van der Waals surface area contributed by atoms with Crippen LogP contribution in [-0.4, -0.2) is 36.0 Å². The van der Waals surface area contributed by atoms with Crippen molar-refractivity contribution in [2.45, 2.75) is 39.0 Å². The van der Waals surface area contributed by atoms with Gasteiger partial charge >= 0.3 is 51.4 Å². The van der Waals surface area contributed by atoms with Gasteiger partial charge in [0.2, 0.25) is 11.8 Å². The van der Waals surface area contributed by atoms with Gasteiger partial charge in [-0.3, -0.25) is 14.6 Å². The van der Waals surface area contributed by atoms with Crippen molar-refractivity contribution in [1.82, 2.24) is 4.98 Å². The van der Waals surface area contributed by atoms with Crippen LogP contribution in [0.4, 0.5) is 20.2 Å². The summed E-state index contributed by atoms with van der Waals surface area (Å²) in [6.07, 6.45) is 3.02. The molecule has 1 fully saturated rings. The van der Waals surface area contributed by atoms with Crippen LogP contribution in [0.5, 0.6) is 23.0 Å². The average Bonchev–Trinajstić information content (AvgIpc) is 3.82. The van der Waals surface area contributed by atoms with E-state index in [4.69, 9.17) is 14.2 Å². The van der Waals surface area contributed by atoms with Gasteiger partial charge < -0.3 is 34.7 Å². The van der Waals surface area contributed by atoms with Crippen LogP contribution >= 0.6 is 0 Å². The summed E-state index contributed by atoms with van der Waals surface area (Å²) < 4.78 is 45.9. The molecule has 0 aliphatic heterocycles. The fourth-order valence-corrected chi connectivity index (χ4v) is 4.65. The van der Waals surface area contributed by atoms with Gasteiger partial charge in [-0.15, -0.1) is 0 Å². The number of fused-ring (bicyclic) bond motifs is 1. The SMILES string of the molecule is CCOc1cc2c(Oc3ccc(NC(=O)C4(C(=O)Nc5ccc(F)cc5)CC4)cc3F)ccnc2cc1OCCCCC(=O)[O-].[K+]. The van der Waals surface area contributed by atoms with E-state index in [1.54, 1.807) is 18.2 Å². The Hall–Kier alpha value is -3.62. The molecule has 0 unspecified atom stereocenters. The number of aliphatic carboxylic acids is 1. The molecule has 1 aliphatic carbocycles. The van der Waals surface area contributed by atoms with Gasteiger partial charge in [-0.1, -0.05) is 0 Å². The molecule has 0 radical (unpaired) electrons. The Bertz CT molecular complexity index is 1730. The summed E-state index contributed by atoms with van der Waals surface area (Å²) in [6.45, 7) is 2.43. The maximum atomic E-state index is 15.2. The number of halogens is 2. The van der Waals surface area contributed by atoms with Crippen LogP contribution < -0.4 is 81.3 Å². The fourth-order valence-electron chi connectivity index (χ4n) is 4.65. The van der Waals surface area contributed by atoms with Crippen molar-refractivity contribution in [3.05, 3.63) is 78.5 Å². The van der Waals surface area contributed by atoms with Crippen molar-refractivity contribution in [2.24, 2.45) is 5.41 Å². The molecule has 46 heavy (non-hydrogen) atoms. The van der Waals surface area contributed by atoms with Gasteiger partial charge in [-0.25, -0.2) is 8.78 Å². The summed E-state index contributed by atoms with van der Waals surface area (Å²) in [4.78, 5) is 40.8. The summed E-state index contributed by atoms with van der Waals surface area (Å²) in [7, 11) is 0. The van der Waals surface area contributed by atoms with Crippen molar-refractivity contribution >= 4 is 40.1 Å². The number of rotatable bonds is 14. The summed E-state index contributed by atoms with van der Waals surface area (Å²) in [5.41, 5.74) is -0.295. The number of carboxylic acids is 1. The van der Waals surface area contributed by atoms with E-state index in [1.807, 2.05) is 6.92 Å². The summed E-state index contributed by atoms with van der Waals surface area (Å²) in [6, 6.07) is 14.1. The van der Waals surface area contributed by atoms with Crippen molar-refractivity contribution < 1.29 is 93.9 Å². The number of anilines is 2. The van der Waals surface area contributed by atoms with Gasteiger partial charge in [0.1, 0.15) is 17.0 Å². The van der Waals surface area contributed by atoms with Crippen LogP contribution in [0.15, 0.2) is 66.9 Å². The maximum absolute atomic E-state index is 15.2. The van der Waals surface area contributed by atoms with Crippen LogP contribution in [0.25, 0.3) is 10.9 Å². The number of hydrogen-bond acceptors (Lipinski definition) is 8. The zero-order valence-electron chi connectivity index (χ0n) is 25.4. The van der Waals surface area contributed by atoms with Crippen molar-refractivity contribution in [3.63, 3.8) is 0 Å². The molecule has 0 spiro atoms. The third-order valence-electron chi connectivity index (χ3n) is 7.23. The number of carbonyl (C=O) groups excluding carboxylic acids is 3. The Labute approximate surface area is 306 Å². The second-order valence-electron chi connectivity index (χ2n) is 10.5. The van der Waals surface area contributed by atoms with E-state index in [0.29, 0.717) is 66.1 Å². The molecule has 3 aromatic carbocycles. The number of nitrogens with zero attached hydrogens (tertiary/aromatic N) is 1. The van der Waals surface area contributed by atoms with Crippen molar-refractivity contribution in [3.8, 4) is 23.0 Å². The molecule has 2 N–H and O–H groups in total. The van der Waals surface area contributed by atoms with Gasteiger partial charge in [0.05, 0.1) is 18.7 Å². The Balaban J connectivity index is 0.00000480. The Morgan fingerprint density at radius 2 is 1.52 bits per heavy atom. The first kappa shape index (κ1) is 35.2. The quantitative estimate of drug-likeness (QED) is 0.120. The Morgan fingerprint density at radius 1 is 0.848 bits per heavy atom. The summed E-state index contributed by atoms with van der Waals surface area (Å²) >= 11 is 0. The number of carbonyl (C=O) groups is 3. The molecule has 0 atom stereocenters. The molecule has 2 amide bonds. The molecule has 1 aliphatic rings. The summed E-state index contributed by atoms with van der Waals surface area (Å²) in [5.74, 6) is -2.38. The van der Waals surface area contributed by atoms with E-state index in [2.05, 4.69) is 15.6 Å². The Kier molecular flexibility index (Phi) is 12.1. The molecule has 4 aromatic rings. The zero-order valence-corrected chi connectivity index (χ0v) is 28.5. The first-order valence-corrected chi connectivity index (χ1v) is 14.4. The number of amides is 2. The van der Waals surface area contributed by atoms with Gasteiger partial charge in [0.15, 0.2) is 23.1 Å². The fraction of sp³-hybridized carbons (Fsp3) is 0.273. The van der Waals surface area contributed by atoms with Crippen LogP contribution in [0.1, 0.15) is 39.0 Å². The van der Waals surface area contributed by atoms with E-state index >= 15 is 4.39 Å². The van der Waals surface area contributed by atoms with Crippen LogP contribution in [-0.2, 0) is 14.4 Å². The first-order valence-electron chi connectivity index (χ1n) is 14.4. The second kappa shape index (κ2) is 15.8. The number of ether oxygens (including phenoxy) is 3. The number of benzene rings is 3. The minimum absolute atomic E-state index is 0. The average molecular weight is 658 g/mol. The number of hydrogen-bond donors (Lipinski definition) is 2.